The van der Waals surface area contributed by atoms with Crippen molar-refractivity contribution < 1.29 is 8.60 Å². The van der Waals surface area contributed by atoms with Gasteiger partial charge >= 0.3 is 0 Å². The van der Waals surface area contributed by atoms with Gasteiger partial charge in [0.25, 0.3) is 0 Å². The molecule has 1 rings (SSSR count). The summed E-state index contributed by atoms with van der Waals surface area (Å²) in [6.07, 6.45) is 10.2. The molecule has 0 N–H and O–H groups in total. The van der Waals surface area contributed by atoms with Gasteiger partial charge in [-0.3, -0.25) is 4.31 Å². The van der Waals surface area contributed by atoms with Crippen molar-refractivity contribution in [1.82, 2.24) is 9.55 Å². The lowest BCUT2D eigenvalue weighted by Gasteiger charge is -2.19. The fraction of sp³-hybridized carbons (Fsp3) is 0.500. The predicted octanol–water partition coefficient (Wildman–Crippen LogP) is 4.42. The first kappa shape index (κ1) is 20.4. The fourth-order valence-corrected chi connectivity index (χ4v) is 2.80. The van der Waals surface area contributed by atoms with Crippen LogP contribution in [0, 0.1) is 6.92 Å². The van der Waals surface area contributed by atoms with Crippen LogP contribution in [0.4, 0.5) is 10.3 Å². The van der Waals surface area contributed by atoms with E-state index in [9.17, 15) is 8.60 Å². The summed E-state index contributed by atoms with van der Waals surface area (Å²) in [5, 5.41) is 0. The molecule has 1 aromatic rings. The normalized spacial score (nSPS) is 13.7. The van der Waals surface area contributed by atoms with Crippen LogP contribution in [0.15, 0.2) is 36.7 Å². The van der Waals surface area contributed by atoms with E-state index in [-0.39, 0.29) is 11.9 Å². The smallest absolute Gasteiger partial charge is 0.218 e. The number of nitrogens with zero attached hydrogens (tertiary/aromatic N) is 3. The van der Waals surface area contributed by atoms with Crippen LogP contribution < -0.4 is 4.31 Å². The Balaban J connectivity index is 2.86. The monoisotopic (exact) mass is 353 g/mol. The van der Waals surface area contributed by atoms with Crippen LogP contribution in [0.5, 0.6) is 0 Å². The van der Waals surface area contributed by atoms with Crippen LogP contribution in [0.1, 0.15) is 44.1 Å². The van der Waals surface area contributed by atoms with Crippen LogP contribution in [-0.4, -0.2) is 27.1 Å². The lowest BCUT2D eigenvalue weighted by atomic mass is 10.2. The molecular formula is C18H28FN3OS. The number of aromatic nitrogens is 2. The maximum absolute atomic E-state index is 13.2. The number of hydrogen-bond acceptors (Lipinski definition) is 2. The molecule has 0 spiro atoms. The Kier molecular flexibility index (Phi) is 8.11. The number of rotatable bonds is 9. The highest BCUT2D eigenvalue weighted by Gasteiger charge is 2.19. The third-order valence-electron chi connectivity index (χ3n) is 3.74. The fourth-order valence-electron chi connectivity index (χ4n) is 2.44. The average molecular weight is 354 g/mol. The third-order valence-corrected chi connectivity index (χ3v) is 4.67. The number of halogens is 1. The molecule has 1 unspecified atom stereocenters. The molecule has 134 valence electrons. The number of anilines is 1. The predicted molar refractivity (Wildman–Crippen MR) is 101 cm³/mol. The van der Waals surface area contributed by atoms with E-state index in [0.717, 1.165) is 11.4 Å². The zero-order chi connectivity index (χ0) is 18.3. The van der Waals surface area contributed by atoms with Gasteiger partial charge in [0.1, 0.15) is 16.8 Å². The second-order valence-electron chi connectivity index (χ2n) is 5.89. The second kappa shape index (κ2) is 9.57. The van der Waals surface area contributed by atoms with Gasteiger partial charge in [-0.1, -0.05) is 24.8 Å². The van der Waals surface area contributed by atoms with Crippen molar-refractivity contribution in [2.24, 2.45) is 0 Å². The van der Waals surface area contributed by atoms with Crippen LogP contribution in [-0.2, 0) is 17.4 Å². The van der Waals surface area contributed by atoms with Crippen molar-refractivity contribution in [3.05, 3.63) is 48.1 Å². The van der Waals surface area contributed by atoms with E-state index in [0.29, 0.717) is 25.2 Å². The molecular weight excluding hydrogens is 325 g/mol. The number of allylic oxidation sites excluding steroid dienone is 5. The number of imidazole rings is 1. The summed E-state index contributed by atoms with van der Waals surface area (Å²) in [5.41, 5.74) is 2.02. The first-order chi connectivity index (χ1) is 11.3. The minimum absolute atomic E-state index is 0.163. The summed E-state index contributed by atoms with van der Waals surface area (Å²) >= 11 is 0. The summed E-state index contributed by atoms with van der Waals surface area (Å²) in [4.78, 5) is 4.66. The van der Waals surface area contributed by atoms with Crippen molar-refractivity contribution >= 4 is 16.9 Å². The molecule has 0 radical (unpaired) electrons. The Morgan fingerprint density at radius 1 is 1.46 bits per heavy atom. The van der Waals surface area contributed by atoms with Gasteiger partial charge in [0.05, 0.1) is 5.69 Å². The summed E-state index contributed by atoms with van der Waals surface area (Å²) in [6, 6.07) is 0.231. The standard InChI is InChI=1S/C18H28FN3OS/c1-7-11-16(19)12-9-8-10-13-17-15(4)22(14(2)3)18(20-17)21(5)24(6)23/h7-8,10-11,14H,1,9,12-13H2,2-6H3/b10-8-,16-11+. The summed E-state index contributed by atoms with van der Waals surface area (Å²) in [6.45, 7) is 9.67. The van der Waals surface area contributed by atoms with Gasteiger partial charge in [-0.25, -0.2) is 13.6 Å². The molecule has 1 aromatic heterocycles. The van der Waals surface area contributed by atoms with E-state index in [1.807, 2.05) is 19.1 Å². The summed E-state index contributed by atoms with van der Waals surface area (Å²) in [7, 11) is 0.660. The van der Waals surface area contributed by atoms with Crippen molar-refractivity contribution in [3.8, 4) is 0 Å². The molecule has 1 heterocycles. The molecule has 6 heteroatoms. The Morgan fingerprint density at radius 2 is 2.12 bits per heavy atom. The molecule has 0 saturated heterocycles. The van der Waals surface area contributed by atoms with E-state index >= 15 is 0 Å². The van der Waals surface area contributed by atoms with E-state index < -0.39 is 11.0 Å². The largest absolute Gasteiger partial charge is 0.311 e. The maximum atomic E-state index is 13.2. The van der Waals surface area contributed by atoms with Crippen LogP contribution in [0.3, 0.4) is 0 Å². The zero-order valence-corrected chi connectivity index (χ0v) is 16.1. The zero-order valence-electron chi connectivity index (χ0n) is 15.3. The lowest BCUT2D eigenvalue weighted by molar-refractivity contribution is 0.586. The van der Waals surface area contributed by atoms with Crippen LogP contribution >= 0.6 is 0 Å². The SMILES string of the molecule is C=C/C=C(/F)CC/C=C\Cc1nc(N(C)S(C)=O)n(C(C)C)c1C. The van der Waals surface area contributed by atoms with Gasteiger partial charge in [0.2, 0.25) is 5.95 Å². The molecule has 0 amide bonds. The van der Waals surface area contributed by atoms with Gasteiger partial charge < -0.3 is 4.57 Å². The summed E-state index contributed by atoms with van der Waals surface area (Å²) in [5.74, 6) is 0.552. The van der Waals surface area contributed by atoms with Crippen molar-refractivity contribution in [2.45, 2.75) is 46.1 Å². The van der Waals surface area contributed by atoms with Gasteiger partial charge in [-0.15, -0.1) is 0 Å². The Hall–Kier alpha value is -1.69. The third kappa shape index (κ3) is 5.44. The Morgan fingerprint density at radius 3 is 2.67 bits per heavy atom. The van der Waals surface area contributed by atoms with E-state index in [1.54, 1.807) is 17.6 Å². The van der Waals surface area contributed by atoms with E-state index in [1.165, 1.54) is 12.2 Å². The van der Waals surface area contributed by atoms with E-state index in [2.05, 4.69) is 30.0 Å². The quantitative estimate of drug-likeness (QED) is 0.487. The number of hydrogen-bond donors (Lipinski definition) is 0. The minimum atomic E-state index is -1.12. The molecule has 0 aliphatic rings. The summed E-state index contributed by atoms with van der Waals surface area (Å²) < 4.78 is 28.8. The van der Waals surface area contributed by atoms with Crippen LogP contribution in [0.25, 0.3) is 0 Å². The topological polar surface area (TPSA) is 38.1 Å². The second-order valence-corrected chi connectivity index (χ2v) is 7.29. The molecule has 0 fully saturated rings. The maximum Gasteiger partial charge on any atom is 0.218 e. The molecule has 0 aliphatic carbocycles. The molecule has 0 saturated carbocycles. The molecule has 0 aliphatic heterocycles. The van der Waals surface area contributed by atoms with Crippen molar-refractivity contribution in [3.63, 3.8) is 0 Å². The Bertz CT molecular complexity index is 647. The first-order valence-corrected chi connectivity index (χ1v) is 9.58. The highest BCUT2D eigenvalue weighted by atomic mass is 32.2. The van der Waals surface area contributed by atoms with Crippen molar-refractivity contribution in [2.75, 3.05) is 17.6 Å². The van der Waals surface area contributed by atoms with Gasteiger partial charge in [0, 0.05) is 37.9 Å². The highest BCUT2D eigenvalue weighted by molar-refractivity contribution is 7.85. The van der Waals surface area contributed by atoms with Crippen molar-refractivity contribution in [1.29, 1.82) is 0 Å². The van der Waals surface area contributed by atoms with Crippen LogP contribution in [0.2, 0.25) is 0 Å². The Labute approximate surface area is 147 Å². The minimum Gasteiger partial charge on any atom is -0.311 e. The first-order valence-electron chi connectivity index (χ1n) is 8.06. The molecule has 4 nitrogen and oxygen atoms in total. The van der Waals surface area contributed by atoms with Gasteiger partial charge in [0.15, 0.2) is 0 Å². The average Bonchev–Trinajstić information content (AvgIpc) is 2.83. The van der Waals surface area contributed by atoms with E-state index in [4.69, 9.17) is 0 Å². The molecule has 1 atom stereocenters. The molecule has 0 bridgehead atoms. The van der Waals surface area contributed by atoms with Gasteiger partial charge in [-0.05, 0) is 33.3 Å². The highest BCUT2D eigenvalue weighted by Crippen LogP contribution is 2.24. The van der Waals surface area contributed by atoms with Gasteiger partial charge in [-0.2, -0.15) is 0 Å². The molecule has 24 heavy (non-hydrogen) atoms. The molecule has 0 aromatic carbocycles. The lowest BCUT2D eigenvalue weighted by Crippen LogP contribution is -2.23.